The lowest BCUT2D eigenvalue weighted by atomic mass is 9.87. The zero-order chi connectivity index (χ0) is 21.5. The van der Waals surface area contributed by atoms with Crippen LogP contribution in [0.1, 0.15) is 31.9 Å². The fourth-order valence-corrected chi connectivity index (χ4v) is 4.34. The van der Waals surface area contributed by atoms with E-state index < -0.39 is 10.0 Å². The smallest absolute Gasteiger partial charge is 0.234 e. The lowest BCUT2D eigenvalue weighted by molar-refractivity contribution is -0.113. The summed E-state index contributed by atoms with van der Waals surface area (Å²) in [6.45, 7) is 10.2. The van der Waals surface area contributed by atoms with Crippen molar-refractivity contribution in [1.29, 1.82) is 0 Å². The number of hydrogen-bond acceptors (Lipinski definition) is 4. The van der Waals surface area contributed by atoms with Crippen LogP contribution in [0, 0.1) is 0 Å². The molecular weight excluding hydrogens is 404 g/mol. The third-order valence-corrected chi connectivity index (χ3v) is 6.46. The molecule has 0 radical (unpaired) electrons. The minimum atomic E-state index is -3.40. The third kappa shape index (κ3) is 8.04. The molecule has 29 heavy (non-hydrogen) atoms. The number of carbonyl (C=O) groups is 1. The maximum atomic E-state index is 12.2. The van der Waals surface area contributed by atoms with Crippen LogP contribution in [-0.2, 0) is 26.0 Å². The highest BCUT2D eigenvalue weighted by Gasteiger charge is 2.13. The molecule has 0 aliphatic heterocycles. The summed E-state index contributed by atoms with van der Waals surface area (Å²) in [5, 5.41) is 2.83. The molecule has 0 bridgehead atoms. The lowest BCUT2D eigenvalue weighted by Crippen LogP contribution is -2.25. The Balaban J connectivity index is 1.85. The summed E-state index contributed by atoms with van der Waals surface area (Å²) in [5.41, 5.74) is 2.65. The fraction of sp³-hybridized carbons (Fsp3) is 0.318. The van der Waals surface area contributed by atoms with Gasteiger partial charge in [-0.05, 0) is 40.8 Å². The van der Waals surface area contributed by atoms with Gasteiger partial charge in [-0.15, -0.1) is 18.3 Å². The van der Waals surface area contributed by atoms with Crippen molar-refractivity contribution >= 4 is 33.4 Å². The van der Waals surface area contributed by atoms with E-state index >= 15 is 0 Å². The summed E-state index contributed by atoms with van der Waals surface area (Å²) in [6.07, 6.45) is 1.49. The third-order valence-electron chi connectivity index (χ3n) is 4.13. The average Bonchev–Trinajstić information content (AvgIpc) is 2.66. The molecule has 156 valence electrons. The van der Waals surface area contributed by atoms with Crippen molar-refractivity contribution < 1.29 is 13.2 Å². The Kier molecular flexibility index (Phi) is 8.07. The van der Waals surface area contributed by atoms with Crippen LogP contribution in [0.4, 0.5) is 5.69 Å². The van der Waals surface area contributed by atoms with Crippen molar-refractivity contribution in [2.24, 2.45) is 0 Å². The Morgan fingerprint density at radius 3 is 2.24 bits per heavy atom. The minimum Gasteiger partial charge on any atom is -0.325 e. The second-order valence-corrected chi connectivity index (χ2v) is 10.6. The lowest BCUT2D eigenvalue weighted by Gasteiger charge is -2.19. The first-order chi connectivity index (χ1) is 13.6. The molecule has 2 N–H and O–H groups in total. The van der Waals surface area contributed by atoms with E-state index in [0.29, 0.717) is 17.0 Å². The van der Waals surface area contributed by atoms with Gasteiger partial charge in [0.15, 0.2) is 0 Å². The Morgan fingerprint density at radius 1 is 1.07 bits per heavy atom. The molecule has 0 aliphatic carbocycles. The zero-order valence-corrected chi connectivity index (χ0v) is 18.7. The van der Waals surface area contributed by atoms with Crippen LogP contribution >= 0.6 is 11.8 Å². The number of thioether (sulfide) groups is 1. The molecule has 2 aromatic carbocycles. The molecule has 2 aromatic rings. The van der Waals surface area contributed by atoms with Crippen LogP contribution in [0.3, 0.4) is 0 Å². The van der Waals surface area contributed by atoms with E-state index in [4.69, 9.17) is 0 Å². The predicted octanol–water partition coefficient (Wildman–Crippen LogP) is 4.32. The average molecular weight is 433 g/mol. The fourth-order valence-electron chi connectivity index (χ4n) is 2.54. The second-order valence-electron chi connectivity index (χ2n) is 7.70. The summed E-state index contributed by atoms with van der Waals surface area (Å²) in [4.78, 5) is 13.2. The van der Waals surface area contributed by atoms with Gasteiger partial charge in [0.2, 0.25) is 15.9 Å². The summed E-state index contributed by atoms with van der Waals surface area (Å²) < 4.78 is 26.2. The first kappa shape index (κ1) is 23.2. The molecule has 0 saturated carbocycles. The Morgan fingerprint density at radius 2 is 1.69 bits per heavy atom. The van der Waals surface area contributed by atoms with Crippen LogP contribution in [0.5, 0.6) is 0 Å². The highest BCUT2D eigenvalue weighted by Crippen LogP contribution is 2.25. The molecule has 0 aromatic heterocycles. The van der Waals surface area contributed by atoms with Crippen molar-refractivity contribution in [3.05, 3.63) is 72.3 Å². The summed E-state index contributed by atoms with van der Waals surface area (Å²) in [5.74, 6) is 0.0780. The number of benzene rings is 2. The number of amides is 1. The number of rotatable bonds is 9. The van der Waals surface area contributed by atoms with E-state index in [1.807, 2.05) is 12.1 Å². The van der Waals surface area contributed by atoms with Crippen LogP contribution < -0.4 is 10.0 Å². The minimum absolute atomic E-state index is 0.105. The van der Waals surface area contributed by atoms with Gasteiger partial charge in [-0.2, -0.15) is 0 Å². The molecule has 0 heterocycles. The molecule has 2 rings (SSSR count). The normalized spacial score (nSPS) is 11.8. The van der Waals surface area contributed by atoms with Gasteiger partial charge in [0.05, 0.1) is 11.5 Å². The van der Waals surface area contributed by atoms with Gasteiger partial charge < -0.3 is 5.32 Å². The van der Waals surface area contributed by atoms with Gasteiger partial charge in [0, 0.05) is 17.1 Å². The molecule has 5 nitrogen and oxygen atoms in total. The number of nitrogens with one attached hydrogen (secondary N) is 2. The Bertz CT molecular complexity index is 930. The summed E-state index contributed by atoms with van der Waals surface area (Å²) >= 11 is 1.48. The molecule has 0 fully saturated rings. The molecule has 0 unspecified atom stereocenters. The number of sulfonamides is 1. The van der Waals surface area contributed by atoms with Crippen LogP contribution in [0.25, 0.3) is 0 Å². The van der Waals surface area contributed by atoms with Crippen molar-refractivity contribution in [3.8, 4) is 0 Å². The van der Waals surface area contributed by atoms with E-state index in [9.17, 15) is 13.2 Å². The molecule has 0 saturated heterocycles. The van der Waals surface area contributed by atoms with E-state index in [1.165, 1.54) is 23.4 Å². The van der Waals surface area contributed by atoms with Crippen molar-refractivity contribution in [2.75, 3.05) is 17.6 Å². The van der Waals surface area contributed by atoms with E-state index in [0.717, 1.165) is 4.90 Å². The number of hydrogen-bond donors (Lipinski definition) is 2. The molecule has 7 heteroatoms. The Hall–Kier alpha value is -2.09. The van der Waals surface area contributed by atoms with Gasteiger partial charge in [-0.1, -0.05) is 51.1 Å². The van der Waals surface area contributed by atoms with E-state index in [2.05, 4.69) is 49.5 Å². The summed E-state index contributed by atoms with van der Waals surface area (Å²) in [7, 11) is -3.40. The van der Waals surface area contributed by atoms with E-state index in [-0.39, 0.29) is 23.6 Å². The first-order valence-electron chi connectivity index (χ1n) is 9.29. The van der Waals surface area contributed by atoms with Crippen LogP contribution in [0.15, 0.2) is 66.1 Å². The SMILES string of the molecule is C=CCNS(=O)(=O)Cc1ccc(NC(=O)CSc2ccc(C(C)(C)C)cc2)cc1. The first-order valence-corrected chi connectivity index (χ1v) is 11.9. The molecule has 0 spiro atoms. The topological polar surface area (TPSA) is 75.3 Å². The van der Waals surface area contributed by atoms with Gasteiger partial charge in [0.25, 0.3) is 0 Å². The van der Waals surface area contributed by atoms with Crippen LogP contribution in [-0.4, -0.2) is 26.6 Å². The standard InChI is InChI=1S/C22H28N2O3S2/c1-5-14-23-29(26,27)16-17-6-10-19(11-7-17)24-21(25)15-28-20-12-8-18(9-13-20)22(2,3)4/h5-13,23H,1,14-16H2,2-4H3,(H,24,25). The molecular formula is C22H28N2O3S2. The molecule has 0 aliphatic rings. The summed E-state index contributed by atoms with van der Waals surface area (Å²) in [6, 6.07) is 15.1. The van der Waals surface area contributed by atoms with Crippen molar-refractivity contribution in [3.63, 3.8) is 0 Å². The van der Waals surface area contributed by atoms with Gasteiger partial charge in [-0.3, -0.25) is 4.79 Å². The van der Waals surface area contributed by atoms with Crippen LogP contribution in [0.2, 0.25) is 0 Å². The number of anilines is 1. The zero-order valence-electron chi connectivity index (χ0n) is 17.1. The highest BCUT2D eigenvalue weighted by atomic mass is 32.2. The quantitative estimate of drug-likeness (QED) is 0.457. The van der Waals surface area contributed by atoms with Gasteiger partial charge >= 0.3 is 0 Å². The monoisotopic (exact) mass is 432 g/mol. The Labute approximate surface area is 178 Å². The maximum Gasteiger partial charge on any atom is 0.234 e. The van der Waals surface area contributed by atoms with E-state index in [1.54, 1.807) is 24.3 Å². The second kappa shape index (κ2) is 10.1. The number of carbonyl (C=O) groups excluding carboxylic acids is 1. The maximum absolute atomic E-state index is 12.2. The predicted molar refractivity (Wildman–Crippen MR) is 122 cm³/mol. The van der Waals surface area contributed by atoms with Gasteiger partial charge in [-0.25, -0.2) is 13.1 Å². The largest absolute Gasteiger partial charge is 0.325 e. The van der Waals surface area contributed by atoms with Gasteiger partial charge in [0.1, 0.15) is 0 Å². The van der Waals surface area contributed by atoms with Crippen molar-refractivity contribution in [1.82, 2.24) is 4.72 Å². The molecule has 1 amide bonds. The molecule has 0 atom stereocenters. The van der Waals surface area contributed by atoms with Crippen molar-refractivity contribution in [2.45, 2.75) is 36.8 Å². The highest BCUT2D eigenvalue weighted by molar-refractivity contribution is 8.00.